The first kappa shape index (κ1) is 14.6. The molecule has 0 saturated carbocycles. The van der Waals surface area contributed by atoms with Crippen LogP contribution in [0.4, 0.5) is 0 Å². The minimum Gasteiger partial charge on any atom is -0.318 e. The number of nitrogens with zero attached hydrogens (tertiary/aromatic N) is 1. The Balaban J connectivity index is 0.00000169. The first-order valence-corrected chi connectivity index (χ1v) is 6.50. The lowest BCUT2D eigenvalue weighted by Gasteiger charge is -2.23. The molecule has 0 aromatic rings. The van der Waals surface area contributed by atoms with E-state index in [1.165, 1.54) is 37.4 Å². The summed E-state index contributed by atoms with van der Waals surface area (Å²) in [5.74, 6) is 2.56. The first-order valence-electron chi connectivity index (χ1n) is 5.35. The molecule has 1 saturated heterocycles. The van der Waals surface area contributed by atoms with Crippen LogP contribution >= 0.6 is 24.2 Å². The Kier molecular flexibility index (Phi) is 9.19. The van der Waals surface area contributed by atoms with Gasteiger partial charge in [0.05, 0.1) is 0 Å². The average molecular weight is 239 g/mol. The van der Waals surface area contributed by atoms with E-state index in [2.05, 4.69) is 35.9 Å². The lowest BCUT2D eigenvalue weighted by atomic mass is 10.2. The SMILES string of the molecule is CCSCCN1CCCC1CNC.Cl. The smallest absolute Gasteiger partial charge is 0.0221 e. The quantitative estimate of drug-likeness (QED) is 0.712. The molecule has 1 N–H and O–H groups in total. The van der Waals surface area contributed by atoms with Crippen LogP contribution in [-0.4, -0.2) is 49.1 Å². The Morgan fingerprint density at radius 1 is 1.50 bits per heavy atom. The number of rotatable bonds is 6. The number of hydrogen-bond acceptors (Lipinski definition) is 3. The number of halogens is 1. The molecule has 1 unspecified atom stereocenters. The van der Waals surface area contributed by atoms with Crippen LogP contribution in [-0.2, 0) is 0 Å². The Morgan fingerprint density at radius 3 is 2.93 bits per heavy atom. The van der Waals surface area contributed by atoms with Crippen molar-refractivity contribution in [2.45, 2.75) is 25.8 Å². The number of likely N-dealkylation sites (N-methyl/N-ethyl adjacent to an activating group) is 1. The van der Waals surface area contributed by atoms with E-state index in [0.717, 1.165) is 12.6 Å². The maximum atomic E-state index is 3.28. The molecular weight excluding hydrogens is 216 g/mol. The fraction of sp³-hybridized carbons (Fsp3) is 1.00. The zero-order valence-corrected chi connectivity index (χ0v) is 10.9. The summed E-state index contributed by atoms with van der Waals surface area (Å²) in [6.45, 7) is 6.00. The van der Waals surface area contributed by atoms with Crippen molar-refractivity contribution in [3.05, 3.63) is 0 Å². The maximum Gasteiger partial charge on any atom is 0.0221 e. The average Bonchev–Trinajstić information content (AvgIpc) is 2.54. The Bertz CT molecular complexity index is 135. The van der Waals surface area contributed by atoms with E-state index < -0.39 is 0 Å². The van der Waals surface area contributed by atoms with E-state index in [-0.39, 0.29) is 12.4 Å². The van der Waals surface area contributed by atoms with Crippen molar-refractivity contribution in [2.24, 2.45) is 0 Å². The molecule has 1 fully saturated rings. The van der Waals surface area contributed by atoms with Gasteiger partial charge in [-0.15, -0.1) is 12.4 Å². The minimum absolute atomic E-state index is 0. The van der Waals surface area contributed by atoms with E-state index in [0.29, 0.717) is 0 Å². The molecule has 1 rings (SSSR count). The summed E-state index contributed by atoms with van der Waals surface area (Å²) in [6.07, 6.45) is 2.78. The molecule has 1 heterocycles. The lowest BCUT2D eigenvalue weighted by Crippen LogP contribution is -2.38. The van der Waals surface area contributed by atoms with E-state index in [1.807, 2.05) is 0 Å². The van der Waals surface area contributed by atoms with Crippen molar-refractivity contribution in [1.82, 2.24) is 10.2 Å². The van der Waals surface area contributed by atoms with Gasteiger partial charge in [0.1, 0.15) is 0 Å². The second-order valence-electron chi connectivity index (χ2n) is 3.59. The molecule has 0 radical (unpaired) electrons. The highest BCUT2D eigenvalue weighted by atomic mass is 35.5. The monoisotopic (exact) mass is 238 g/mol. The molecule has 0 bridgehead atoms. The highest BCUT2D eigenvalue weighted by molar-refractivity contribution is 7.99. The second-order valence-corrected chi connectivity index (χ2v) is 4.98. The van der Waals surface area contributed by atoms with Gasteiger partial charge in [0.2, 0.25) is 0 Å². The van der Waals surface area contributed by atoms with Crippen LogP contribution in [0.3, 0.4) is 0 Å². The number of hydrogen-bond donors (Lipinski definition) is 1. The third kappa shape index (κ3) is 4.87. The fourth-order valence-electron chi connectivity index (χ4n) is 1.98. The molecule has 0 aliphatic carbocycles. The summed E-state index contributed by atoms with van der Waals surface area (Å²) in [7, 11) is 2.05. The lowest BCUT2D eigenvalue weighted by molar-refractivity contribution is 0.266. The molecular formula is C10H23ClN2S. The summed E-state index contributed by atoms with van der Waals surface area (Å²) < 4.78 is 0. The van der Waals surface area contributed by atoms with Crippen LogP contribution in [0.1, 0.15) is 19.8 Å². The molecule has 2 nitrogen and oxygen atoms in total. The summed E-state index contributed by atoms with van der Waals surface area (Å²) in [4.78, 5) is 2.64. The Labute approximate surface area is 98.6 Å². The molecule has 4 heteroatoms. The summed E-state index contributed by atoms with van der Waals surface area (Å²) >= 11 is 2.05. The molecule has 1 atom stereocenters. The van der Waals surface area contributed by atoms with Crippen LogP contribution < -0.4 is 5.32 Å². The van der Waals surface area contributed by atoms with Gasteiger partial charge in [-0.05, 0) is 32.2 Å². The standard InChI is InChI=1S/C10H22N2S.ClH/c1-3-13-8-7-12-6-4-5-10(12)9-11-2;/h10-11H,3-9H2,1-2H3;1H. The predicted octanol–water partition coefficient (Wildman–Crippen LogP) is 1.85. The molecule has 0 amide bonds. The van der Waals surface area contributed by atoms with E-state index in [4.69, 9.17) is 0 Å². The first-order chi connectivity index (χ1) is 6.38. The van der Waals surface area contributed by atoms with E-state index >= 15 is 0 Å². The highest BCUT2D eigenvalue weighted by Crippen LogP contribution is 2.16. The van der Waals surface area contributed by atoms with Gasteiger partial charge in [0.25, 0.3) is 0 Å². The van der Waals surface area contributed by atoms with Crippen LogP contribution in [0.25, 0.3) is 0 Å². The number of nitrogens with one attached hydrogen (secondary N) is 1. The van der Waals surface area contributed by atoms with Gasteiger partial charge in [-0.25, -0.2) is 0 Å². The number of likely N-dealkylation sites (tertiary alicyclic amines) is 1. The minimum atomic E-state index is 0. The summed E-state index contributed by atoms with van der Waals surface area (Å²) in [5, 5.41) is 3.28. The van der Waals surface area contributed by atoms with Gasteiger partial charge in [0.15, 0.2) is 0 Å². The molecule has 14 heavy (non-hydrogen) atoms. The third-order valence-electron chi connectivity index (χ3n) is 2.67. The van der Waals surface area contributed by atoms with Crippen molar-refractivity contribution < 1.29 is 0 Å². The molecule has 0 aromatic heterocycles. The van der Waals surface area contributed by atoms with Gasteiger partial charge in [-0.1, -0.05) is 6.92 Å². The van der Waals surface area contributed by atoms with Crippen LogP contribution in [0.2, 0.25) is 0 Å². The number of thioether (sulfide) groups is 1. The van der Waals surface area contributed by atoms with Crippen LogP contribution in [0.5, 0.6) is 0 Å². The molecule has 0 aromatic carbocycles. The zero-order chi connectivity index (χ0) is 9.52. The van der Waals surface area contributed by atoms with Crippen LogP contribution in [0.15, 0.2) is 0 Å². The van der Waals surface area contributed by atoms with E-state index in [9.17, 15) is 0 Å². The van der Waals surface area contributed by atoms with Gasteiger partial charge in [-0.2, -0.15) is 11.8 Å². The normalized spacial score (nSPS) is 22.3. The van der Waals surface area contributed by atoms with Gasteiger partial charge in [0, 0.05) is 24.9 Å². The fourth-order valence-corrected chi connectivity index (χ4v) is 2.63. The summed E-state index contributed by atoms with van der Waals surface area (Å²) in [5.41, 5.74) is 0. The van der Waals surface area contributed by atoms with Crippen molar-refractivity contribution in [3.8, 4) is 0 Å². The largest absolute Gasteiger partial charge is 0.318 e. The Morgan fingerprint density at radius 2 is 2.29 bits per heavy atom. The topological polar surface area (TPSA) is 15.3 Å². The summed E-state index contributed by atoms with van der Waals surface area (Å²) in [6, 6.07) is 0.808. The molecule has 1 aliphatic heterocycles. The van der Waals surface area contributed by atoms with Gasteiger partial charge < -0.3 is 5.32 Å². The molecule has 0 spiro atoms. The van der Waals surface area contributed by atoms with E-state index in [1.54, 1.807) is 0 Å². The van der Waals surface area contributed by atoms with Crippen molar-refractivity contribution in [2.75, 3.05) is 38.2 Å². The third-order valence-corrected chi connectivity index (χ3v) is 3.55. The maximum absolute atomic E-state index is 3.28. The zero-order valence-electron chi connectivity index (χ0n) is 9.29. The predicted molar refractivity (Wildman–Crippen MR) is 68.8 cm³/mol. The van der Waals surface area contributed by atoms with Crippen LogP contribution in [0, 0.1) is 0 Å². The Hall–Kier alpha value is 0.560. The van der Waals surface area contributed by atoms with Gasteiger partial charge in [-0.3, -0.25) is 4.90 Å². The molecule has 86 valence electrons. The van der Waals surface area contributed by atoms with Crippen molar-refractivity contribution >= 4 is 24.2 Å². The second kappa shape index (κ2) is 8.84. The van der Waals surface area contributed by atoms with Crippen molar-refractivity contribution in [1.29, 1.82) is 0 Å². The van der Waals surface area contributed by atoms with Gasteiger partial charge >= 0.3 is 0 Å². The highest BCUT2D eigenvalue weighted by Gasteiger charge is 2.22. The van der Waals surface area contributed by atoms with Crippen molar-refractivity contribution in [3.63, 3.8) is 0 Å². The molecule has 1 aliphatic rings.